The molecule has 2 saturated heterocycles. The van der Waals surface area contributed by atoms with Crippen LogP contribution in [0.25, 0.3) is 0 Å². The first-order valence-corrected chi connectivity index (χ1v) is 9.77. The van der Waals surface area contributed by atoms with Crippen molar-refractivity contribution in [3.63, 3.8) is 0 Å². The van der Waals surface area contributed by atoms with Gasteiger partial charge in [-0.25, -0.2) is 9.18 Å². The van der Waals surface area contributed by atoms with Gasteiger partial charge in [-0.05, 0) is 25.1 Å². The third-order valence-corrected chi connectivity index (χ3v) is 5.04. The highest BCUT2D eigenvalue weighted by Crippen LogP contribution is 2.31. The van der Waals surface area contributed by atoms with Gasteiger partial charge in [-0.3, -0.25) is 14.6 Å². The van der Waals surface area contributed by atoms with Gasteiger partial charge in [-0.1, -0.05) is 0 Å². The van der Waals surface area contributed by atoms with Crippen LogP contribution in [0.2, 0.25) is 0 Å². The van der Waals surface area contributed by atoms with Crippen molar-refractivity contribution in [1.29, 1.82) is 0 Å². The maximum atomic E-state index is 13.5. The Labute approximate surface area is 183 Å². The van der Waals surface area contributed by atoms with Gasteiger partial charge in [0.2, 0.25) is 5.91 Å². The van der Waals surface area contributed by atoms with E-state index in [1.54, 1.807) is 0 Å². The van der Waals surface area contributed by atoms with E-state index in [2.05, 4.69) is 10.2 Å². The van der Waals surface area contributed by atoms with Crippen LogP contribution < -0.4 is 15.0 Å². The third kappa shape index (κ3) is 7.13. The first kappa shape index (κ1) is 25.0. The first-order valence-electron chi connectivity index (χ1n) is 9.77. The SMILES string of the molecule is Cl.O=C1CCNC(=O)N1CCCN1CCN(c2ccc(F)cc2OCC(F)(F)F)CC1. The third-order valence-electron chi connectivity index (χ3n) is 5.04. The summed E-state index contributed by atoms with van der Waals surface area (Å²) in [5.41, 5.74) is 0.427. The molecule has 2 aliphatic heterocycles. The molecule has 2 fully saturated rings. The summed E-state index contributed by atoms with van der Waals surface area (Å²) in [6, 6.07) is 3.23. The lowest BCUT2D eigenvalue weighted by atomic mass is 10.2. The number of benzene rings is 1. The van der Waals surface area contributed by atoms with E-state index >= 15 is 0 Å². The number of piperazine rings is 1. The molecule has 0 unspecified atom stereocenters. The number of rotatable bonds is 7. The lowest BCUT2D eigenvalue weighted by Crippen LogP contribution is -2.51. The zero-order valence-corrected chi connectivity index (χ0v) is 17.6. The maximum Gasteiger partial charge on any atom is 0.422 e. The number of ether oxygens (including phenoxy) is 1. The number of carbonyl (C=O) groups excluding carboxylic acids is 2. The Kier molecular flexibility index (Phi) is 8.75. The largest absolute Gasteiger partial charge is 0.482 e. The number of hydrogen-bond donors (Lipinski definition) is 1. The second-order valence-electron chi connectivity index (χ2n) is 7.23. The molecule has 3 rings (SSSR count). The van der Waals surface area contributed by atoms with E-state index < -0.39 is 18.6 Å². The molecule has 174 valence electrons. The second kappa shape index (κ2) is 10.9. The van der Waals surface area contributed by atoms with Gasteiger partial charge < -0.3 is 15.0 Å². The molecule has 1 N–H and O–H groups in total. The highest BCUT2D eigenvalue weighted by molar-refractivity contribution is 5.96. The Morgan fingerprint density at radius 2 is 1.77 bits per heavy atom. The molecule has 1 aromatic carbocycles. The van der Waals surface area contributed by atoms with Crippen molar-refractivity contribution < 1.29 is 31.9 Å². The van der Waals surface area contributed by atoms with Crippen LogP contribution in [0, 0.1) is 5.82 Å². The minimum absolute atomic E-state index is 0. The molecular weight excluding hydrogens is 444 g/mol. The quantitative estimate of drug-likeness (QED) is 0.623. The lowest BCUT2D eigenvalue weighted by Gasteiger charge is -2.37. The number of alkyl halides is 3. The minimum atomic E-state index is -4.51. The Morgan fingerprint density at radius 1 is 1.06 bits per heavy atom. The maximum absolute atomic E-state index is 13.5. The topological polar surface area (TPSA) is 65.1 Å². The fourth-order valence-corrected chi connectivity index (χ4v) is 3.54. The van der Waals surface area contributed by atoms with Crippen LogP contribution in [0.15, 0.2) is 18.2 Å². The highest BCUT2D eigenvalue weighted by atomic mass is 35.5. The van der Waals surface area contributed by atoms with E-state index in [0.29, 0.717) is 64.3 Å². The van der Waals surface area contributed by atoms with Crippen LogP contribution in [0.3, 0.4) is 0 Å². The summed E-state index contributed by atoms with van der Waals surface area (Å²) < 4.78 is 55.8. The van der Waals surface area contributed by atoms with Gasteiger partial charge in [0.1, 0.15) is 11.6 Å². The number of carbonyl (C=O) groups is 2. The number of hydrogen-bond acceptors (Lipinski definition) is 5. The molecular formula is C19H25ClF4N4O3. The summed E-state index contributed by atoms with van der Waals surface area (Å²) >= 11 is 0. The second-order valence-corrected chi connectivity index (χ2v) is 7.23. The molecule has 7 nitrogen and oxygen atoms in total. The zero-order valence-electron chi connectivity index (χ0n) is 16.8. The normalized spacial score (nSPS) is 17.9. The van der Waals surface area contributed by atoms with Crippen molar-refractivity contribution in [1.82, 2.24) is 15.1 Å². The summed E-state index contributed by atoms with van der Waals surface area (Å²) in [6.45, 7) is 2.30. The molecule has 0 saturated carbocycles. The molecule has 0 atom stereocenters. The number of anilines is 1. The summed E-state index contributed by atoms with van der Waals surface area (Å²) in [5, 5.41) is 2.64. The number of halogens is 5. The minimum Gasteiger partial charge on any atom is -0.482 e. The Morgan fingerprint density at radius 3 is 2.42 bits per heavy atom. The van der Waals surface area contributed by atoms with Gasteiger partial charge in [0.05, 0.1) is 5.69 Å². The van der Waals surface area contributed by atoms with Crippen LogP contribution in [-0.4, -0.2) is 80.3 Å². The van der Waals surface area contributed by atoms with Gasteiger partial charge in [0.25, 0.3) is 0 Å². The van der Waals surface area contributed by atoms with Crippen molar-refractivity contribution in [2.75, 3.05) is 57.3 Å². The Bertz CT molecular complexity index is 757. The van der Waals surface area contributed by atoms with E-state index in [1.807, 2.05) is 4.90 Å². The van der Waals surface area contributed by atoms with Crippen molar-refractivity contribution >= 4 is 30.0 Å². The molecule has 0 spiro atoms. The molecule has 0 aromatic heterocycles. The molecule has 12 heteroatoms. The standard InChI is InChI=1S/C19H24F4N4O3.ClH/c20-14-2-3-15(16(12-14)30-13-19(21,22)23)26-10-8-25(9-11-26)6-1-7-27-17(28)4-5-24-18(27)29;/h2-3,12H,1,4-11,13H2,(H,24,29);1H. The fraction of sp³-hybridized carbons (Fsp3) is 0.579. The van der Waals surface area contributed by atoms with Gasteiger partial charge in [-0.2, -0.15) is 13.2 Å². The van der Waals surface area contributed by atoms with Gasteiger partial charge in [-0.15, -0.1) is 12.4 Å². The summed E-state index contributed by atoms with van der Waals surface area (Å²) in [6.07, 6.45) is -3.56. The van der Waals surface area contributed by atoms with Crippen LogP contribution in [0.4, 0.5) is 28.0 Å². The molecule has 1 aromatic rings. The zero-order chi connectivity index (χ0) is 21.7. The molecule has 0 bridgehead atoms. The predicted molar refractivity (Wildman–Crippen MR) is 108 cm³/mol. The van der Waals surface area contributed by atoms with Gasteiger partial charge in [0, 0.05) is 51.8 Å². The molecule has 0 aliphatic carbocycles. The number of nitrogens with zero attached hydrogens (tertiary/aromatic N) is 3. The monoisotopic (exact) mass is 468 g/mol. The van der Waals surface area contributed by atoms with Crippen LogP contribution in [0.5, 0.6) is 5.75 Å². The average Bonchev–Trinajstić information content (AvgIpc) is 2.69. The predicted octanol–water partition coefficient (Wildman–Crippen LogP) is 2.64. The number of imide groups is 1. The van der Waals surface area contributed by atoms with E-state index in [1.165, 1.54) is 17.0 Å². The molecule has 0 radical (unpaired) electrons. The first-order chi connectivity index (χ1) is 14.2. The van der Waals surface area contributed by atoms with Gasteiger partial charge >= 0.3 is 12.2 Å². The lowest BCUT2D eigenvalue weighted by molar-refractivity contribution is -0.153. The van der Waals surface area contributed by atoms with Gasteiger partial charge in [0.15, 0.2) is 6.61 Å². The van der Waals surface area contributed by atoms with E-state index in [-0.39, 0.29) is 30.1 Å². The smallest absolute Gasteiger partial charge is 0.422 e. The molecule has 3 amide bonds. The Hall–Kier alpha value is -2.27. The number of nitrogens with one attached hydrogen (secondary N) is 1. The van der Waals surface area contributed by atoms with E-state index in [0.717, 1.165) is 6.07 Å². The van der Waals surface area contributed by atoms with Crippen molar-refractivity contribution in [2.45, 2.75) is 19.0 Å². The summed E-state index contributed by atoms with van der Waals surface area (Å²) in [7, 11) is 0. The molecule has 2 heterocycles. The summed E-state index contributed by atoms with van der Waals surface area (Å²) in [5.74, 6) is -0.965. The van der Waals surface area contributed by atoms with Crippen LogP contribution in [0.1, 0.15) is 12.8 Å². The van der Waals surface area contributed by atoms with Crippen molar-refractivity contribution in [3.05, 3.63) is 24.0 Å². The number of amides is 3. The van der Waals surface area contributed by atoms with Crippen LogP contribution >= 0.6 is 12.4 Å². The highest BCUT2D eigenvalue weighted by Gasteiger charge is 2.30. The molecule has 2 aliphatic rings. The van der Waals surface area contributed by atoms with E-state index in [9.17, 15) is 27.2 Å². The molecule has 31 heavy (non-hydrogen) atoms. The fourth-order valence-electron chi connectivity index (χ4n) is 3.54. The average molecular weight is 469 g/mol. The van der Waals surface area contributed by atoms with Crippen LogP contribution in [-0.2, 0) is 4.79 Å². The Balaban J connectivity index is 0.00000341. The van der Waals surface area contributed by atoms with E-state index in [4.69, 9.17) is 4.74 Å². The summed E-state index contributed by atoms with van der Waals surface area (Å²) in [4.78, 5) is 28.8. The van der Waals surface area contributed by atoms with Crippen molar-refractivity contribution in [3.8, 4) is 5.75 Å². The number of urea groups is 1. The van der Waals surface area contributed by atoms with Crippen molar-refractivity contribution in [2.24, 2.45) is 0 Å².